The number of para-hydroxylation sites is 1. The predicted octanol–water partition coefficient (Wildman–Crippen LogP) is 6.87. The monoisotopic (exact) mass is 566 g/mol. The number of hydrogen-bond acceptors (Lipinski definition) is 5. The van der Waals surface area contributed by atoms with Crippen LogP contribution in [0, 0.1) is 13.8 Å². The first kappa shape index (κ1) is 23.9. The van der Waals surface area contributed by atoms with Crippen LogP contribution in [0.5, 0.6) is 5.75 Å². The van der Waals surface area contributed by atoms with Gasteiger partial charge in [-0.1, -0.05) is 40.2 Å². The van der Waals surface area contributed by atoms with Crippen molar-refractivity contribution < 1.29 is 9.15 Å². The highest BCUT2D eigenvalue weighted by Gasteiger charge is 2.18. The number of fused-ring (bicyclic) bond motifs is 2. The van der Waals surface area contributed by atoms with Crippen molar-refractivity contribution in [2.24, 2.45) is 5.10 Å². The Morgan fingerprint density at radius 3 is 2.61 bits per heavy atom. The van der Waals surface area contributed by atoms with Crippen molar-refractivity contribution in [1.82, 2.24) is 14.2 Å². The maximum absolute atomic E-state index is 13.6. The number of halogens is 1. The zero-order chi connectivity index (χ0) is 26.4. The van der Waals surface area contributed by atoms with E-state index in [9.17, 15) is 4.79 Å². The summed E-state index contributed by atoms with van der Waals surface area (Å²) < 4.78 is 16.1. The number of hydrogen-bond donors (Lipinski definition) is 0. The maximum atomic E-state index is 13.6. The Labute approximate surface area is 226 Å². The topological polar surface area (TPSA) is 74.6 Å². The first-order valence-corrected chi connectivity index (χ1v) is 12.8. The lowest BCUT2D eigenvalue weighted by molar-refractivity contribution is 0.419. The Bertz CT molecular complexity index is 1930. The Morgan fingerprint density at radius 2 is 1.79 bits per heavy atom. The van der Waals surface area contributed by atoms with Gasteiger partial charge < -0.3 is 13.7 Å². The third-order valence-electron chi connectivity index (χ3n) is 6.56. The molecule has 6 rings (SSSR count). The van der Waals surface area contributed by atoms with E-state index in [0.29, 0.717) is 33.8 Å². The summed E-state index contributed by atoms with van der Waals surface area (Å²) in [5.41, 5.74) is 4.90. The van der Waals surface area contributed by atoms with E-state index in [2.05, 4.69) is 37.7 Å². The minimum absolute atomic E-state index is 0.282. The van der Waals surface area contributed by atoms with Crippen LogP contribution in [0.3, 0.4) is 0 Å². The van der Waals surface area contributed by atoms with Gasteiger partial charge in [0.05, 0.1) is 29.6 Å². The van der Waals surface area contributed by atoms with Crippen molar-refractivity contribution in [3.63, 3.8) is 0 Å². The highest BCUT2D eigenvalue weighted by atomic mass is 79.9. The number of aromatic nitrogens is 3. The number of rotatable bonds is 5. The lowest BCUT2D eigenvalue weighted by Crippen LogP contribution is -2.20. The lowest BCUT2D eigenvalue weighted by Gasteiger charge is -2.10. The van der Waals surface area contributed by atoms with Gasteiger partial charge in [-0.3, -0.25) is 4.79 Å². The number of benzene rings is 3. The summed E-state index contributed by atoms with van der Waals surface area (Å²) in [6.07, 6.45) is 1.70. The molecular weight excluding hydrogens is 544 g/mol. The number of ether oxygens (including phenoxy) is 1. The molecule has 6 aromatic rings. The van der Waals surface area contributed by atoms with Crippen LogP contribution in [0.1, 0.15) is 17.0 Å². The summed E-state index contributed by atoms with van der Waals surface area (Å²) in [5, 5.41) is 5.91. The minimum Gasteiger partial charge on any atom is -0.496 e. The highest BCUT2D eigenvalue weighted by molar-refractivity contribution is 9.10. The van der Waals surface area contributed by atoms with E-state index in [-0.39, 0.29) is 5.56 Å². The van der Waals surface area contributed by atoms with Gasteiger partial charge in [0.1, 0.15) is 11.3 Å². The molecule has 188 valence electrons. The quantitative estimate of drug-likeness (QED) is 0.213. The molecule has 0 bridgehead atoms. The predicted molar refractivity (Wildman–Crippen MR) is 154 cm³/mol. The van der Waals surface area contributed by atoms with Crippen molar-refractivity contribution in [2.75, 3.05) is 7.11 Å². The zero-order valence-corrected chi connectivity index (χ0v) is 22.6. The second-order valence-electron chi connectivity index (χ2n) is 8.94. The molecule has 38 heavy (non-hydrogen) atoms. The average molecular weight is 567 g/mol. The fraction of sp³-hybridized carbons (Fsp3) is 0.100. The van der Waals surface area contributed by atoms with Crippen LogP contribution in [-0.4, -0.2) is 27.6 Å². The SMILES string of the molecule is COc1cccc2oc(-c3nc4ccccc4c(=O)n3N=Cc3cc(C)n(-c4cccc(Br)c4)c3C)cc12. The maximum Gasteiger partial charge on any atom is 0.282 e. The molecule has 0 radical (unpaired) electrons. The third-order valence-corrected chi connectivity index (χ3v) is 7.06. The molecule has 0 spiro atoms. The first-order valence-electron chi connectivity index (χ1n) is 12.0. The molecule has 0 saturated carbocycles. The summed E-state index contributed by atoms with van der Waals surface area (Å²) in [4.78, 5) is 18.4. The fourth-order valence-electron chi connectivity index (χ4n) is 4.76. The Balaban J connectivity index is 1.52. The van der Waals surface area contributed by atoms with Crippen LogP contribution < -0.4 is 10.3 Å². The van der Waals surface area contributed by atoms with Crippen LogP contribution in [0.2, 0.25) is 0 Å². The summed E-state index contributed by atoms with van der Waals surface area (Å²) in [5.74, 6) is 1.41. The van der Waals surface area contributed by atoms with Crippen LogP contribution in [-0.2, 0) is 0 Å². The molecule has 0 fully saturated rings. The molecule has 0 aliphatic rings. The average Bonchev–Trinajstić information content (AvgIpc) is 3.48. The van der Waals surface area contributed by atoms with Gasteiger partial charge >= 0.3 is 0 Å². The number of methoxy groups -OCH3 is 1. The van der Waals surface area contributed by atoms with Gasteiger partial charge in [0.2, 0.25) is 5.82 Å². The van der Waals surface area contributed by atoms with Crippen molar-refractivity contribution >= 4 is 44.0 Å². The molecule has 0 aliphatic heterocycles. The molecule has 0 N–H and O–H groups in total. The summed E-state index contributed by atoms with van der Waals surface area (Å²) in [6, 6.07) is 24.8. The largest absolute Gasteiger partial charge is 0.496 e. The molecule has 0 aliphatic carbocycles. The second-order valence-corrected chi connectivity index (χ2v) is 9.85. The first-order chi connectivity index (χ1) is 18.4. The van der Waals surface area contributed by atoms with Gasteiger partial charge in [-0.05, 0) is 68.4 Å². The normalized spacial score (nSPS) is 11.7. The summed E-state index contributed by atoms with van der Waals surface area (Å²) >= 11 is 3.55. The highest BCUT2D eigenvalue weighted by Crippen LogP contribution is 2.33. The Kier molecular flexibility index (Phi) is 5.96. The van der Waals surface area contributed by atoms with E-state index in [4.69, 9.17) is 14.1 Å². The van der Waals surface area contributed by atoms with Crippen molar-refractivity contribution in [3.8, 4) is 23.0 Å². The van der Waals surface area contributed by atoms with Gasteiger partial charge in [-0.25, -0.2) is 4.98 Å². The van der Waals surface area contributed by atoms with E-state index in [1.165, 1.54) is 4.68 Å². The second kappa shape index (κ2) is 9.46. The Hall–Kier alpha value is -4.43. The molecule has 3 aromatic carbocycles. The van der Waals surface area contributed by atoms with Crippen LogP contribution >= 0.6 is 15.9 Å². The standard InChI is InChI=1S/C30H23BrN4O3/c1-18-14-20(19(2)34(18)22-9-6-8-21(31)15-22)17-32-35-29(33-25-11-5-4-10-23(25)30(35)36)28-16-24-26(37-3)12-7-13-27(24)38-28/h4-17H,1-3H3. The fourth-order valence-corrected chi connectivity index (χ4v) is 5.15. The third kappa shape index (κ3) is 4.03. The molecule has 3 heterocycles. The smallest absolute Gasteiger partial charge is 0.282 e. The minimum atomic E-state index is -0.282. The van der Waals surface area contributed by atoms with E-state index >= 15 is 0 Å². The number of nitrogens with zero attached hydrogens (tertiary/aromatic N) is 4. The number of aryl methyl sites for hydroxylation is 1. The van der Waals surface area contributed by atoms with Crippen molar-refractivity contribution in [1.29, 1.82) is 0 Å². The van der Waals surface area contributed by atoms with Gasteiger partial charge in [-0.2, -0.15) is 9.78 Å². The van der Waals surface area contributed by atoms with E-state index in [1.54, 1.807) is 19.4 Å². The van der Waals surface area contributed by atoms with Gasteiger partial charge in [-0.15, -0.1) is 0 Å². The molecular formula is C30H23BrN4O3. The zero-order valence-electron chi connectivity index (χ0n) is 21.0. The van der Waals surface area contributed by atoms with E-state index in [1.807, 2.05) is 74.5 Å². The van der Waals surface area contributed by atoms with Gasteiger partial charge in [0, 0.05) is 27.1 Å². The molecule has 0 atom stereocenters. The molecule has 0 amide bonds. The summed E-state index contributed by atoms with van der Waals surface area (Å²) in [7, 11) is 1.61. The van der Waals surface area contributed by atoms with Crippen LogP contribution in [0.4, 0.5) is 0 Å². The van der Waals surface area contributed by atoms with Gasteiger partial charge in [0.25, 0.3) is 5.56 Å². The Morgan fingerprint density at radius 1 is 0.974 bits per heavy atom. The van der Waals surface area contributed by atoms with Crippen molar-refractivity contribution in [3.05, 3.63) is 111 Å². The number of furan rings is 1. The van der Waals surface area contributed by atoms with E-state index < -0.39 is 0 Å². The molecule has 3 aromatic heterocycles. The molecule has 0 unspecified atom stereocenters. The summed E-state index contributed by atoms with van der Waals surface area (Å²) in [6.45, 7) is 4.07. The molecule has 8 heteroatoms. The lowest BCUT2D eigenvalue weighted by atomic mass is 10.2. The van der Waals surface area contributed by atoms with Crippen LogP contribution in [0.25, 0.3) is 39.1 Å². The van der Waals surface area contributed by atoms with Crippen molar-refractivity contribution in [2.45, 2.75) is 13.8 Å². The van der Waals surface area contributed by atoms with E-state index in [0.717, 1.165) is 32.5 Å². The van der Waals surface area contributed by atoms with Crippen LogP contribution in [0.15, 0.2) is 97.6 Å². The molecule has 7 nitrogen and oxygen atoms in total. The molecule has 0 saturated heterocycles. The van der Waals surface area contributed by atoms with Gasteiger partial charge in [0.15, 0.2) is 5.76 Å².